The van der Waals surface area contributed by atoms with Crippen LogP contribution in [0.4, 0.5) is 0 Å². The zero-order valence-electron chi connectivity index (χ0n) is 7.46. The lowest BCUT2D eigenvalue weighted by Crippen LogP contribution is -2.26. The van der Waals surface area contributed by atoms with Gasteiger partial charge in [0.2, 0.25) is 0 Å². The van der Waals surface area contributed by atoms with E-state index in [1.54, 1.807) is 0 Å². The minimum atomic E-state index is 0.215. The molecule has 0 amide bonds. The maximum absolute atomic E-state index is 5.91. The molecule has 1 nitrogen and oxygen atoms in total. The van der Waals surface area contributed by atoms with Gasteiger partial charge in [-0.1, -0.05) is 0 Å². The highest BCUT2D eigenvalue weighted by molar-refractivity contribution is 7.57. The minimum Gasteiger partial charge on any atom is -0.327 e. The van der Waals surface area contributed by atoms with Gasteiger partial charge in [0.1, 0.15) is 0 Å². The van der Waals surface area contributed by atoms with E-state index in [0.29, 0.717) is 6.04 Å². The van der Waals surface area contributed by atoms with E-state index in [2.05, 4.69) is 26.7 Å². The molecule has 0 spiro atoms. The van der Waals surface area contributed by atoms with Gasteiger partial charge >= 0.3 is 0 Å². The molecule has 2 N–H and O–H groups in total. The molecule has 0 aliphatic rings. The summed E-state index contributed by atoms with van der Waals surface area (Å²) < 4.78 is 0. The van der Waals surface area contributed by atoms with E-state index < -0.39 is 0 Å². The fourth-order valence-electron chi connectivity index (χ4n) is 0.996. The van der Waals surface area contributed by atoms with Gasteiger partial charge in [0.15, 0.2) is 0 Å². The van der Waals surface area contributed by atoms with Crippen LogP contribution in [0.3, 0.4) is 0 Å². The van der Waals surface area contributed by atoms with Gasteiger partial charge in [-0.15, -0.1) is 15.8 Å². The summed E-state index contributed by atoms with van der Waals surface area (Å²) in [5.74, 6) is 0. The van der Waals surface area contributed by atoms with Gasteiger partial charge < -0.3 is 5.73 Å². The third-order valence-electron chi connectivity index (χ3n) is 1.20. The quantitative estimate of drug-likeness (QED) is 0.654. The van der Waals surface area contributed by atoms with Crippen LogP contribution in [0.2, 0.25) is 0 Å². The summed E-state index contributed by atoms with van der Waals surface area (Å²) in [6.45, 7) is 9.18. The molecule has 0 rings (SSSR count). The van der Waals surface area contributed by atoms with E-state index >= 15 is 0 Å². The molecule has 10 heavy (non-hydrogen) atoms. The van der Waals surface area contributed by atoms with Crippen molar-refractivity contribution in [1.29, 1.82) is 0 Å². The van der Waals surface area contributed by atoms with Crippen LogP contribution in [0.5, 0.6) is 0 Å². The average Bonchev–Trinajstić information content (AvgIpc) is 1.58. The topological polar surface area (TPSA) is 26.0 Å². The molecule has 0 heterocycles. The molecule has 0 aromatic carbocycles. The van der Waals surface area contributed by atoms with Crippen molar-refractivity contribution in [2.75, 3.05) is 39.0 Å². The van der Waals surface area contributed by atoms with Gasteiger partial charge in [-0.2, -0.15) is 0 Å². The van der Waals surface area contributed by atoms with Crippen LogP contribution in [0.1, 0.15) is 0 Å². The fourth-order valence-corrected chi connectivity index (χ4v) is 3.33. The molecule has 0 bridgehead atoms. The molecule has 0 aliphatic carbocycles. The first-order valence-electron chi connectivity index (χ1n) is 3.57. The van der Waals surface area contributed by atoms with Crippen molar-refractivity contribution < 1.29 is 0 Å². The number of rotatable bonds is 4. The SMILES string of the molecule is CP(C)CC(N)CP(C)C. The fraction of sp³-hybridized carbons (Fsp3) is 1.00. The minimum absolute atomic E-state index is 0.215. The van der Waals surface area contributed by atoms with Crippen molar-refractivity contribution >= 4 is 15.8 Å². The Balaban J connectivity index is 3.34. The Morgan fingerprint density at radius 2 is 1.30 bits per heavy atom. The average molecular weight is 179 g/mol. The van der Waals surface area contributed by atoms with Crippen molar-refractivity contribution in [2.24, 2.45) is 5.73 Å². The predicted octanol–water partition coefficient (Wildman–Crippen LogP) is 1.80. The molecule has 0 saturated heterocycles. The van der Waals surface area contributed by atoms with Crippen molar-refractivity contribution in [2.45, 2.75) is 6.04 Å². The smallest absolute Gasteiger partial charge is 0.0117 e. The third kappa shape index (κ3) is 6.93. The Hall–Kier alpha value is 0.820. The summed E-state index contributed by atoms with van der Waals surface area (Å²) in [6.07, 6.45) is 2.49. The summed E-state index contributed by atoms with van der Waals surface area (Å²) in [7, 11) is 0.430. The highest BCUT2D eigenvalue weighted by Crippen LogP contribution is 2.30. The molecular formula is C7H19NP2. The van der Waals surface area contributed by atoms with Crippen molar-refractivity contribution in [3.63, 3.8) is 0 Å². The maximum atomic E-state index is 5.91. The predicted molar refractivity (Wildman–Crippen MR) is 55.2 cm³/mol. The van der Waals surface area contributed by atoms with Gasteiger partial charge in [0.25, 0.3) is 0 Å². The molecule has 0 aromatic heterocycles. The first-order chi connectivity index (χ1) is 4.52. The second-order valence-electron chi connectivity index (χ2n) is 3.28. The van der Waals surface area contributed by atoms with Crippen molar-refractivity contribution in [3.8, 4) is 0 Å². The Morgan fingerprint density at radius 3 is 1.50 bits per heavy atom. The van der Waals surface area contributed by atoms with E-state index in [1.807, 2.05) is 0 Å². The van der Waals surface area contributed by atoms with E-state index in [0.717, 1.165) is 0 Å². The first kappa shape index (κ1) is 10.8. The monoisotopic (exact) mass is 179 g/mol. The zero-order chi connectivity index (χ0) is 8.15. The lowest BCUT2D eigenvalue weighted by atomic mass is 10.4. The second-order valence-corrected chi connectivity index (χ2v) is 8.33. The summed E-state index contributed by atoms with van der Waals surface area (Å²) in [4.78, 5) is 0. The van der Waals surface area contributed by atoms with Gasteiger partial charge in [-0.3, -0.25) is 0 Å². The standard InChI is InChI=1S/C7H19NP2/c1-9(2)5-7(8)6-10(3)4/h7H,5-6,8H2,1-4H3. The second kappa shape index (κ2) is 5.47. The largest absolute Gasteiger partial charge is 0.327 e. The van der Waals surface area contributed by atoms with Crippen molar-refractivity contribution in [1.82, 2.24) is 0 Å². The van der Waals surface area contributed by atoms with Crippen LogP contribution in [0, 0.1) is 0 Å². The van der Waals surface area contributed by atoms with Crippen LogP contribution < -0.4 is 5.73 Å². The summed E-state index contributed by atoms with van der Waals surface area (Å²) >= 11 is 0. The molecule has 0 aliphatic heterocycles. The Kier molecular flexibility index (Phi) is 5.92. The van der Waals surface area contributed by atoms with Gasteiger partial charge in [-0.25, -0.2) is 0 Å². The van der Waals surface area contributed by atoms with Crippen LogP contribution in [0.25, 0.3) is 0 Å². The van der Waals surface area contributed by atoms with Crippen LogP contribution in [0.15, 0.2) is 0 Å². The van der Waals surface area contributed by atoms with Gasteiger partial charge in [0, 0.05) is 6.04 Å². The molecule has 3 heteroatoms. The van der Waals surface area contributed by atoms with E-state index in [4.69, 9.17) is 5.73 Å². The summed E-state index contributed by atoms with van der Waals surface area (Å²) in [6, 6.07) is 0.474. The molecule has 0 aromatic rings. The third-order valence-corrected chi connectivity index (χ3v) is 3.60. The number of nitrogens with two attached hydrogens (primary N) is 1. The van der Waals surface area contributed by atoms with Gasteiger partial charge in [0.05, 0.1) is 0 Å². The lowest BCUT2D eigenvalue weighted by Gasteiger charge is -2.16. The van der Waals surface area contributed by atoms with Crippen LogP contribution in [-0.2, 0) is 0 Å². The van der Waals surface area contributed by atoms with E-state index in [9.17, 15) is 0 Å². The summed E-state index contributed by atoms with van der Waals surface area (Å²) in [5, 5.41) is 0. The Morgan fingerprint density at radius 1 is 1.00 bits per heavy atom. The molecule has 0 radical (unpaired) electrons. The molecule has 62 valence electrons. The van der Waals surface area contributed by atoms with Crippen LogP contribution in [-0.4, -0.2) is 45.0 Å². The highest BCUT2D eigenvalue weighted by atomic mass is 31.1. The zero-order valence-corrected chi connectivity index (χ0v) is 9.25. The summed E-state index contributed by atoms with van der Waals surface area (Å²) in [5.41, 5.74) is 5.91. The van der Waals surface area contributed by atoms with Crippen molar-refractivity contribution in [3.05, 3.63) is 0 Å². The first-order valence-corrected chi connectivity index (χ1v) is 8.41. The van der Waals surface area contributed by atoms with E-state index in [1.165, 1.54) is 12.3 Å². The van der Waals surface area contributed by atoms with E-state index in [-0.39, 0.29) is 15.8 Å². The highest BCUT2D eigenvalue weighted by Gasteiger charge is 2.05. The lowest BCUT2D eigenvalue weighted by molar-refractivity contribution is 0.851. The normalized spacial score (nSPS) is 12.0. The Bertz CT molecular complexity index is 73.7. The number of hydrogen-bond donors (Lipinski definition) is 1. The maximum Gasteiger partial charge on any atom is 0.0117 e. The van der Waals surface area contributed by atoms with Crippen LogP contribution >= 0.6 is 15.8 Å². The van der Waals surface area contributed by atoms with Gasteiger partial charge in [-0.05, 0) is 39.0 Å². The molecule has 0 fully saturated rings. The molecule has 0 saturated carbocycles. The molecule has 0 unspecified atom stereocenters. The molecule has 0 atom stereocenters. The Labute approximate surface area is 67.3 Å². The molecular weight excluding hydrogens is 160 g/mol. The number of hydrogen-bond acceptors (Lipinski definition) is 1.